The van der Waals surface area contributed by atoms with Crippen molar-refractivity contribution in [1.82, 2.24) is 5.32 Å². The van der Waals surface area contributed by atoms with Gasteiger partial charge >= 0.3 is 0 Å². The van der Waals surface area contributed by atoms with Crippen LogP contribution >= 0.6 is 12.4 Å². The van der Waals surface area contributed by atoms with Crippen molar-refractivity contribution < 1.29 is 4.39 Å². The molecule has 3 aliphatic rings. The van der Waals surface area contributed by atoms with Gasteiger partial charge in [-0.15, -0.1) is 12.4 Å². The number of hydrogen-bond acceptors (Lipinski definition) is 1. The van der Waals surface area contributed by atoms with Crippen LogP contribution in [0.4, 0.5) is 4.39 Å². The van der Waals surface area contributed by atoms with Crippen molar-refractivity contribution >= 4 is 12.4 Å². The smallest absolute Gasteiger partial charge is 0.123 e. The quantitative estimate of drug-likeness (QED) is 0.884. The summed E-state index contributed by atoms with van der Waals surface area (Å²) < 4.78 is 13.1. The predicted octanol–water partition coefficient (Wildman–Crippen LogP) is 3.99. The largest absolute Gasteiger partial charge is 0.319 e. The van der Waals surface area contributed by atoms with Crippen LogP contribution in [0.5, 0.6) is 0 Å². The van der Waals surface area contributed by atoms with Crippen molar-refractivity contribution in [3.05, 3.63) is 35.6 Å². The third-order valence-electron chi connectivity index (χ3n) is 5.09. The number of nitrogens with one attached hydrogen (secondary N) is 1. The lowest BCUT2D eigenvalue weighted by atomic mass is 9.57. The van der Waals surface area contributed by atoms with Gasteiger partial charge in [0.1, 0.15) is 5.82 Å². The molecule has 4 rings (SSSR count). The van der Waals surface area contributed by atoms with Crippen molar-refractivity contribution in [2.45, 2.75) is 31.6 Å². The molecule has 0 amide bonds. The standard InChI is InChI=1S/C16H22FN.ClH/c1-18-10-15-11-2-4-12(5-3-11)16(15)13-6-8-14(17)9-7-13;/h6-9,11-12,15-16,18H,2-5,10H2,1H3;1H/t11?,12?,15-,16-;/m1./s1. The van der Waals surface area contributed by atoms with Gasteiger partial charge in [0.25, 0.3) is 0 Å². The zero-order valence-electron chi connectivity index (χ0n) is 11.4. The van der Waals surface area contributed by atoms with E-state index in [0.717, 1.165) is 24.3 Å². The summed E-state index contributed by atoms with van der Waals surface area (Å²) in [4.78, 5) is 0. The lowest BCUT2D eigenvalue weighted by molar-refractivity contribution is 0.0687. The molecule has 3 aliphatic carbocycles. The fourth-order valence-corrected chi connectivity index (χ4v) is 4.31. The Morgan fingerprint density at radius 1 is 1.05 bits per heavy atom. The van der Waals surface area contributed by atoms with Crippen molar-refractivity contribution in [2.75, 3.05) is 13.6 Å². The Morgan fingerprint density at radius 2 is 1.63 bits per heavy atom. The molecule has 19 heavy (non-hydrogen) atoms. The van der Waals surface area contributed by atoms with Crippen LogP contribution in [-0.4, -0.2) is 13.6 Å². The molecule has 0 radical (unpaired) electrons. The molecule has 3 saturated carbocycles. The van der Waals surface area contributed by atoms with Gasteiger partial charge in [-0.1, -0.05) is 12.1 Å². The molecule has 1 aromatic carbocycles. The highest BCUT2D eigenvalue weighted by atomic mass is 35.5. The first kappa shape index (κ1) is 14.8. The normalized spacial score (nSPS) is 32.9. The number of hydrogen-bond donors (Lipinski definition) is 1. The number of fused-ring (bicyclic) bond motifs is 3. The predicted molar refractivity (Wildman–Crippen MR) is 79.3 cm³/mol. The molecular weight excluding hydrogens is 261 g/mol. The van der Waals surface area contributed by atoms with E-state index in [2.05, 4.69) is 5.32 Å². The monoisotopic (exact) mass is 283 g/mol. The molecule has 1 aromatic rings. The summed E-state index contributed by atoms with van der Waals surface area (Å²) in [6.45, 7) is 1.10. The van der Waals surface area contributed by atoms with E-state index in [1.165, 1.54) is 31.2 Å². The summed E-state index contributed by atoms with van der Waals surface area (Å²) in [5.41, 5.74) is 1.35. The second kappa shape index (κ2) is 6.23. The molecule has 1 N–H and O–H groups in total. The summed E-state index contributed by atoms with van der Waals surface area (Å²) in [6, 6.07) is 7.24. The first-order valence-electron chi connectivity index (χ1n) is 7.19. The Balaban J connectivity index is 0.00000133. The lowest BCUT2D eigenvalue weighted by Gasteiger charge is -2.49. The van der Waals surface area contributed by atoms with Crippen LogP contribution in [0.2, 0.25) is 0 Å². The molecule has 0 saturated heterocycles. The zero-order valence-corrected chi connectivity index (χ0v) is 12.3. The maximum atomic E-state index is 13.1. The van der Waals surface area contributed by atoms with Crippen LogP contribution in [0.15, 0.2) is 24.3 Å². The maximum absolute atomic E-state index is 13.1. The third-order valence-corrected chi connectivity index (χ3v) is 5.09. The molecular formula is C16H23ClFN. The molecule has 3 fully saturated rings. The zero-order chi connectivity index (χ0) is 12.5. The van der Waals surface area contributed by atoms with Gasteiger partial charge < -0.3 is 5.32 Å². The first-order chi connectivity index (χ1) is 8.79. The van der Waals surface area contributed by atoms with Crippen LogP contribution in [0, 0.1) is 23.6 Å². The number of rotatable bonds is 3. The highest BCUT2D eigenvalue weighted by Crippen LogP contribution is 2.53. The Kier molecular flexibility index (Phi) is 4.86. The minimum Gasteiger partial charge on any atom is -0.319 e. The van der Waals surface area contributed by atoms with Gasteiger partial charge in [0.2, 0.25) is 0 Å². The molecule has 2 bridgehead atoms. The van der Waals surface area contributed by atoms with E-state index >= 15 is 0 Å². The summed E-state index contributed by atoms with van der Waals surface area (Å²) in [7, 11) is 2.05. The van der Waals surface area contributed by atoms with Gasteiger partial charge in [0, 0.05) is 0 Å². The van der Waals surface area contributed by atoms with E-state index in [9.17, 15) is 4.39 Å². The van der Waals surface area contributed by atoms with Crippen LogP contribution in [-0.2, 0) is 0 Å². The summed E-state index contributed by atoms with van der Waals surface area (Å²) in [5, 5.41) is 3.36. The van der Waals surface area contributed by atoms with Gasteiger partial charge in [-0.25, -0.2) is 4.39 Å². The van der Waals surface area contributed by atoms with Gasteiger partial charge in [-0.05, 0) is 80.6 Å². The van der Waals surface area contributed by atoms with Gasteiger partial charge in [0.15, 0.2) is 0 Å². The van der Waals surface area contributed by atoms with Crippen LogP contribution < -0.4 is 5.32 Å². The summed E-state index contributed by atoms with van der Waals surface area (Å²) in [6.07, 6.45) is 5.53. The van der Waals surface area contributed by atoms with Crippen LogP contribution in [0.1, 0.15) is 37.2 Å². The SMILES string of the molecule is CNC[C@@H]1C2CCC(CC2)[C@@H]1c1ccc(F)cc1.Cl. The molecule has 106 valence electrons. The molecule has 3 heteroatoms. The lowest BCUT2D eigenvalue weighted by Crippen LogP contribution is -2.42. The summed E-state index contributed by atoms with van der Waals surface area (Å²) in [5.74, 6) is 2.96. The Labute approximate surface area is 121 Å². The Hall–Kier alpha value is -0.600. The van der Waals surface area contributed by atoms with E-state index in [1.807, 2.05) is 19.2 Å². The van der Waals surface area contributed by atoms with Crippen LogP contribution in [0.25, 0.3) is 0 Å². The molecule has 0 unspecified atom stereocenters. The van der Waals surface area contributed by atoms with Crippen molar-refractivity contribution in [3.63, 3.8) is 0 Å². The minimum atomic E-state index is -0.120. The maximum Gasteiger partial charge on any atom is 0.123 e. The molecule has 0 spiro atoms. The first-order valence-corrected chi connectivity index (χ1v) is 7.19. The fourth-order valence-electron chi connectivity index (χ4n) is 4.31. The van der Waals surface area contributed by atoms with Gasteiger partial charge in [-0.2, -0.15) is 0 Å². The topological polar surface area (TPSA) is 12.0 Å². The summed E-state index contributed by atoms with van der Waals surface area (Å²) >= 11 is 0. The van der Waals surface area contributed by atoms with E-state index in [0.29, 0.717) is 5.92 Å². The molecule has 0 aliphatic heterocycles. The third kappa shape index (κ3) is 2.80. The Bertz CT molecular complexity index is 398. The minimum absolute atomic E-state index is 0. The van der Waals surface area contributed by atoms with E-state index in [1.54, 1.807) is 12.1 Å². The van der Waals surface area contributed by atoms with E-state index < -0.39 is 0 Å². The average molecular weight is 284 g/mol. The van der Waals surface area contributed by atoms with Crippen molar-refractivity contribution in [3.8, 4) is 0 Å². The molecule has 2 atom stereocenters. The number of halogens is 2. The molecule has 1 nitrogen and oxygen atoms in total. The highest BCUT2D eigenvalue weighted by Gasteiger charge is 2.43. The average Bonchev–Trinajstić information content (AvgIpc) is 2.42. The second-order valence-electron chi connectivity index (χ2n) is 5.97. The number of benzene rings is 1. The van der Waals surface area contributed by atoms with Gasteiger partial charge in [0.05, 0.1) is 0 Å². The van der Waals surface area contributed by atoms with Crippen molar-refractivity contribution in [1.29, 1.82) is 0 Å². The van der Waals surface area contributed by atoms with Crippen LogP contribution in [0.3, 0.4) is 0 Å². The highest BCUT2D eigenvalue weighted by molar-refractivity contribution is 5.85. The molecule has 0 heterocycles. The fraction of sp³-hybridized carbons (Fsp3) is 0.625. The van der Waals surface area contributed by atoms with E-state index in [4.69, 9.17) is 0 Å². The molecule has 0 aromatic heterocycles. The van der Waals surface area contributed by atoms with Crippen molar-refractivity contribution in [2.24, 2.45) is 17.8 Å². The Morgan fingerprint density at radius 3 is 2.21 bits per heavy atom. The van der Waals surface area contributed by atoms with Gasteiger partial charge in [-0.3, -0.25) is 0 Å². The van der Waals surface area contributed by atoms with E-state index in [-0.39, 0.29) is 18.2 Å². The second-order valence-corrected chi connectivity index (χ2v) is 5.97.